The van der Waals surface area contributed by atoms with Crippen molar-refractivity contribution in [3.05, 3.63) is 53.3 Å². The number of rotatable bonds is 3. The zero-order valence-electron chi connectivity index (χ0n) is 14.6. The second-order valence-electron chi connectivity index (χ2n) is 6.29. The molecule has 3 aromatic rings. The summed E-state index contributed by atoms with van der Waals surface area (Å²) in [5.74, 6) is 0.751. The van der Waals surface area contributed by atoms with Crippen LogP contribution in [-0.4, -0.2) is 50.9 Å². The Morgan fingerprint density at radius 3 is 2.81 bits per heavy atom. The molecule has 0 radical (unpaired) electrons. The minimum absolute atomic E-state index is 0.161. The number of aromatic nitrogens is 4. The number of hydrogen-bond donors (Lipinski definition) is 1. The van der Waals surface area contributed by atoms with E-state index < -0.39 is 0 Å². The summed E-state index contributed by atoms with van der Waals surface area (Å²) in [6, 6.07) is 9.39. The van der Waals surface area contributed by atoms with E-state index in [9.17, 15) is 4.79 Å². The molecule has 2 aromatic heterocycles. The Morgan fingerprint density at radius 1 is 1.27 bits per heavy atom. The summed E-state index contributed by atoms with van der Waals surface area (Å²) in [6.07, 6.45) is 0. The lowest BCUT2D eigenvalue weighted by molar-refractivity contribution is -0.00607. The predicted molar refractivity (Wildman–Crippen MR) is 92.4 cm³/mol. The molecule has 134 valence electrons. The molecule has 1 aliphatic rings. The van der Waals surface area contributed by atoms with Crippen molar-refractivity contribution in [2.24, 2.45) is 0 Å². The molecule has 0 bridgehead atoms. The second-order valence-corrected chi connectivity index (χ2v) is 6.29. The van der Waals surface area contributed by atoms with Crippen LogP contribution in [0.25, 0.3) is 11.3 Å². The maximum atomic E-state index is 13.0. The number of hydrogen-bond acceptors (Lipinski definition) is 6. The number of H-pyrrole nitrogens is 1. The standard InChI is InChI=1S/C18H19N5O3/c1-11-3-5-13(6-4-11)14-9-15(21-20-14)18(24)23-7-8-25-10-16(23)17-19-12(2)26-22-17/h3-6,9,16H,7-8,10H2,1-2H3,(H,20,21)/t16-/m1/s1. The van der Waals surface area contributed by atoms with E-state index in [4.69, 9.17) is 9.26 Å². The summed E-state index contributed by atoms with van der Waals surface area (Å²) in [5, 5.41) is 11.1. The normalized spacial score (nSPS) is 17.5. The molecule has 0 spiro atoms. The van der Waals surface area contributed by atoms with Gasteiger partial charge >= 0.3 is 0 Å². The topological polar surface area (TPSA) is 97.1 Å². The molecule has 4 rings (SSSR count). The van der Waals surface area contributed by atoms with E-state index in [2.05, 4.69) is 20.3 Å². The number of benzene rings is 1. The second kappa shape index (κ2) is 6.72. The van der Waals surface area contributed by atoms with Crippen LogP contribution in [0.4, 0.5) is 0 Å². The van der Waals surface area contributed by atoms with Crippen molar-refractivity contribution in [1.82, 2.24) is 25.2 Å². The SMILES string of the molecule is Cc1ccc(-c2cc(C(=O)N3CCOC[C@@H]3c3noc(C)n3)[nH]n2)cc1. The van der Waals surface area contributed by atoms with Crippen molar-refractivity contribution in [2.75, 3.05) is 19.8 Å². The third kappa shape index (κ3) is 3.11. The molecule has 8 heteroatoms. The van der Waals surface area contributed by atoms with Crippen LogP contribution in [0.2, 0.25) is 0 Å². The average Bonchev–Trinajstić information content (AvgIpc) is 3.31. The van der Waals surface area contributed by atoms with Gasteiger partial charge in [0.1, 0.15) is 11.7 Å². The number of aromatic amines is 1. The minimum Gasteiger partial charge on any atom is -0.377 e. The third-order valence-corrected chi connectivity index (χ3v) is 4.39. The van der Waals surface area contributed by atoms with Gasteiger partial charge in [-0.1, -0.05) is 35.0 Å². The molecule has 26 heavy (non-hydrogen) atoms. The van der Waals surface area contributed by atoms with Crippen LogP contribution in [0.5, 0.6) is 0 Å². The number of carbonyl (C=O) groups is 1. The first-order valence-corrected chi connectivity index (χ1v) is 8.43. The van der Waals surface area contributed by atoms with Crippen LogP contribution >= 0.6 is 0 Å². The Kier molecular flexibility index (Phi) is 4.26. The summed E-state index contributed by atoms with van der Waals surface area (Å²) < 4.78 is 10.6. The molecule has 0 aliphatic carbocycles. The van der Waals surface area contributed by atoms with E-state index in [-0.39, 0.29) is 11.9 Å². The molecule has 3 heterocycles. The molecule has 1 aromatic carbocycles. The Bertz CT molecular complexity index is 915. The molecule has 1 fully saturated rings. The first-order valence-electron chi connectivity index (χ1n) is 8.43. The van der Waals surface area contributed by atoms with Gasteiger partial charge in [0.2, 0.25) is 5.89 Å². The van der Waals surface area contributed by atoms with E-state index in [0.717, 1.165) is 11.3 Å². The Balaban J connectivity index is 1.59. The van der Waals surface area contributed by atoms with Crippen LogP contribution in [0.15, 0.2) is 34.9 Å². The maximum absolute atomic E-state index is 13.0. The minimum atomic E-state index is -0.375. The molecule has 8 nitrogen and oxygen atoms in total. The number of nitrogens with zero attached hydrogens (tertiary/aromatic N) is 4. The van der Waals surface area contributed by atoms with Gasteiger partial charge in [0.15, 0.2) is 5.82 Å². The van der Waals surface area contributed by atoms with Crippen LogP contribution in [0.3, 0.4) is 0 Å². The lowest BCUT2D eigenvalue weighted by Crippen LogP contribution is -2.44. The summed E-state index contributed by atoms with van der Waals surface area (Å²) in [7, 11) is 0. The summed E-state index contributed by atoms with van der Waals surface area (Å²) in [4.78, 5) is 18.9. The van der Waals surface area contributed by atoms with Gasteiger partial charge in [0, 0.05) is 19.0 Å². The molecule has 1 amide bonds. The fourth-order valence-corrected chi connectivity index (χ4v) is 2.97. The van der Waals surface area contributed by atoms with Gasteiger partial charge in [-0.15, -0.1) is 0 Å². The highest BCUT2D eigenvalue weighted by molar-refractivity contribution is 5.93. The fourth-order valence-electron chi connectivity index (χ4n) is 2.97. The van der Waals surface area contributed by atoms with Crippen molar-refractivity contribution in [2.45, 2.75) is 19.9 Å². The Morgan fingerprint density at radius 2 is 2.08 bits per heavy atom. The molecular weight excluding hydrogens is 334 g/mol. The number of amides is 1. The van der Waals surface area contributed by atoms with E-state index >= 15 is 0 Å². The zero-order valence-corrected chi connectivity index (χ0v) is 14.6. The fraction of sp³-hybridized carbons (Fsp3) is 0.333. The molecule has 1 aliphatic heterocycles. The Hall–Kier alpha value is -3.00. The molecule has 0 unspecified atom stereocenters. The quantitative estimate of drug-likeness (QED) is 0.776. The van der Waals surface area contributed by atoms with Crippen molar-refractivity contribution in [3.63, 3.8) is 0 Å². The van der Waals surface area contributed by atoms with Gasteiger partial charge < -0.3 is 14.2 Å². The molecular formula is C18H19N5O3. The number of ether oxygens (including phenoxy) is 1. The highest BCUT2D eigenvalue weighted by Gasteiger charge is 2.33. The molecule has 1 atom stereocenters. The van der Waals surface area contributed by atoms with Crippen LogP contribution in [-0.2, 0) is 4.74 Å². The van der Waals surface area contributed by atoms with E-state index in [1.807, 2.05) is 31.2 Å². The van der Waals surface area contributed by atoms with Gasteiger partial charge in [-0.2, -0.15) is 10.1 Å². The zero-order chi connectivity index (χ0) is 18.1. The first kappa shape index (κ1) is 16.5. The van der Waals surface area contributed by atoms with Crippen molar-refractivity contribution >= 4 is 5.91 Å². The largest absolute Gasteiger partial charge is 0.377 e. The number of aryl methyl sites for hydroxylation is 2. The lowest BCUT2D eigenvalue weighted by Gasteiger charge is -2.33. The molecule has 1 saturated heterocycles. The molecule has 0 saturated carbocycles. The van der Waals surface area contributed by atoms with Gasteiger partial charge in [-0.25, -0.2) is 0 Å². The first-order chi connectivity index (χ1) is 12.6. The van der Waals surface area contributed by atoms with Gasteiger partial charge in [-0.3, -0.25) is 9.89 Å². The van der Waals surface area contributed by atoms with Crippen LogP contribution in [0.1, 0.15) is 33.8 Å². The smallest absolute Gasteiger partial charge is 0.272 e. The highest BCUT2D eigenvalue weighted by atomic mass is 16.5. The highest BCUT2D eigenvalue weighted by Crippen LogP contribution is 2.25. The average molecular weight is 353 g/mol. The van der Waals surface area contributed by atoms with Crippen LogP contribution < -0.4 is 0 Å². The maximum Gasteiger partial charge on any atom is 0.272 e. The van der Waals surface area contributed by atoms with Gasteiger partial charge in [-0.05, 0) is 13.0 Å². The summed E-state index contributed by atoms with van der Waals surface area (Å²) >= 11 is 0. The predicted octanol–water partition coefficient (Wildman–Crippen LogP) is 2.29. The Labute approximate surface area is 150 Å². The summed E-state index contributed by atoms with van der Waals surface area (Å²) in [6.45, 7) is 5.01. The van der Waals surface area contributed by atoms with Crippen molar-refractivity contribution in [3.8, 4) is 11.3 Å². The van der Waals surface area contributed by atoms with E-state index in [1.54, 1.807) is 17.9 Å². The van der Waals surface area contributed by atoms with E-state index in [1.165, 1.54) is 5.56 Å². The lowest BCUT2D eigenvalue weighted by atomic mass is 10.1. The third-order valence-electron chi connectivity index (χ3n) is 4.39. The number of carbonyl (C=O) groups excluding carboxylic acids is 1. The number of morpholine rings is 1. The van der Waals surface area contributed by atoms with Gasteiger partial charge in [0.25, 0.3) is 5.91 Å². The van der Waals surface area contributed by atoms with E-state index in [0.29, 0.717) is 37.2 Å². The van der Waals surface area contributed by atoms with Crippen LogP contribution in [0, 0.1) is 13.8 Å². The summed E-state index contributed by atoms with van der Waals surface area (Å²) in [5.41, 5.74) is 3.28. The molecule has 1 N–H and O–H groups in total. The monoisotopic (exact) mass is 353 g/mol. The van der Waals surface area contributed by atoms with Gasteiger partial charge in [0.05, 0.1) is 18.9 Å². The van der Waals surface area contributed by atoms with Crippen molar-refractivity contribution in [1.29, 1.82) is 0 Å². The number of nitrogens with one attached hydrogen (secondary N) is 1. The van der Waals surface area contributed by atoms with Crippen molar-refractivity contribution < 1.29 is 14.1 Å².